The Hall–Kier alpha value is -2.64. The molecular weight excluding hydrogens is 835 g/mol. The molecular formula is C55H97NO10. The smallest absolute Gasteiger partial charge is 0.306 e. The zero-order chi connectivity index (χ0) is 48.3. The highest BCUT2D eigenvalue weighted by molar-refractivity contribution is 5.80. The van der Waals surface area contributed by atoms with Gasteiger partial charge in [-0.15, -0.1) is 0 Å². The number of rotatable bonds is 43. The Morgan fingerprint density at radius 3 is 1.62 bits per heavy atom. The minimum Gasteiger partial charge on any atom is -0.454 e. The number of aliphatic hydroxyl groups is 5. The zero-order valence-electron chi connectivity index (χ0n) is 41.8. The van der Waals surface area contributed by atoms with Gasteiger partial charge in [0.05, 0.1) is 25.4 Å². The highest BCUT2D eigenvalue weighted by Crippen LogP contribution is 2.26. The molecule has 0 aromatic rings. The molecule has 1 heterocycles. The SMILES string of the molecule is CC/C=C/C/C=C/CCCCCCCCC(O)C(=O)NC(COC1OC(CO)C(O)C(O)C1OC(=O)CC/C=C/C/C=C\CCCCCCCC)C(O)/C=C/CCCCCCCCCCC. The van der Waals surface area contributed by atoms with E-state index in [1.54, 1.807) is 6.08 Å². The zero-order valence-corrected chi connectivity index (χ0v) is 41.8. The van der Waals surface area contributed by atoms with Crippen LogP contribution in [-0.4, -0.2) is 99.6 Å². The summed E-state index contributed by atoms with van der Waals surface area (Å²) in [6, 6.07) is -1.04. The van der Waals surface area contributed by atoms with Gasteiger partial charge < -0.3 is 45.1 Å². The molecule has 382 valence electrons. The molecule has 0 radical (unpaired) electrons. The molecule has 11 nitrogen and oxygen atoms in total. The quantitative estimate of drug-likeness (QED) is 0.0196. The maximum Gasteiger partial charge on any atom is 0.306 e. The van der Waals surface area contributed by atoms with Crippen LogP contribution >= 0.6 is 0 Å². The first-order valence-electron chi connectivity index (χ1n) is 26.6. The van der Waals surface area contributed by atoms with Gasteiger partial charge in [-0.2, -0.15) is 0 Å². The number of carbonyl (C=O) groups excluding carboxylic acids is 2. The van der Waals surface area contributed by atoms with Crippen LogP contribution in [0.15, 0.2) is 60.8 Å². The molecule has 1 aliphatic heterocycles. The van der Waals surface area contributed by atoms with E-state index in [1.165, 1.54) is 77.0 Å². The van der Waals surface area contributed by atoms with Crippen molar-refractivity contribution in [3.63, 3.8) is 0 Å². The van der Waals surface area contributed by atoms with Crippen LogP contribution in [0.5, 0.6) is 0 Å². The van der Waals surface area contributed by atoms with Gasteiger partial charge in [-0.05, 0) is 70.6 Å². The predicted octanol–water partition coefficient (Wildman–Crippen LogP) is 11.1. The van der Waals surface area contributed by atoms with E-state index in [4.69, 9.17) is 14.2 Å². The normalized spacial score (nSPS) is 20.6. The molecule has 0 spiro atoms. The van der Waals surface area contributed by atoms with Crippen molar-refractivity contribution < 1.29 is 49.3 Å². The van der Waals surface area contributed by atoms with Crippen molar-refractivity contribution in [3.8, 4) is 0 Å². The first kappa shape index (κ1) is 61.4. The van der Waals surface area contributed by atoms with Crippen molar-refractivity contribution in [2.45, 2.75) is 262 Å². The highest BCUT2D eigenvalue weighted by Gasteiger charge is 2.47. The maximum atomic E-state index is 13.3. The van der Waals surface area contributed by atoms with E-state index in [0.717, 1.165) is 89.9 Å². The van der Waals surface area contributed by atoms with Gasteiger partial charge >= 0.3 is 5.97 Å². The second kappa shape index (κ2) is 43.6. The highest BCUT2D eigenvalue weighted by atomic mass is 16.7. The minimum absolute atomic E-state index is 0.0154. The second-order valence-corrected chi connectivity index (χ2v) is 18.2. The first-order valence-corrected chi connectivity index (χ1v) is 26.6. The average Bonchev–Trinajstić information content (AvgIpc) is 3.31. The lowest BCUT2D eigenvalue weighted by atomic mass is 9.99. The third kappa shape index (κ3) is 32.2. The van der Waals surface area contributed by atoms with Gasteiger partial charge in [0.2, 0.25) is 5.91 Å². The predicted molar refractivity (Wildman–Crippen MR) is 269 cm³/mol. The molecule has 0 aromatic heterocycles. The van der Waals surface area contributed by atoms with Gasteiger partial charge in [0.1, 0.15) is 24.4 Å². The molecule has 1 aliphatic rings. The third-order valence-corrected chi connectivity index (χ3v) is 12.2. The van der Waals surface area contributed by atoms with Crippen molar-refractivity contribution >= 4 is 11.9 Å². The molecule has 1 amide bonds. The van der Waals surface area contributed by atoms with E-state index in [0.29, 0.717) is 12.8 Å². The number of hydrogen-bond acceptors (Lipinski definition) is 10. The van der Waals surface area contributed by atoms with Crippen LogP contribution < -0.4 is 5.32 Å². The summed E-state index contributed by atoms with van der Waals surface area (Å²) in [6.07, 6.45) is 41.5. The lowest BCUT2D eigenvalue weighted by molar-refractivity contribution is -0.305. The summed E-state index contributed by atoms with van der Waals surface area (Å²) in [5.74, 6) is -1.28. The van der Waals surface area contributed by atoms with Crippen LogP contribution in [0.3, 0.4) is 0 Å². The Bertz CT molecular complexity index is 1300. The number of aliphatic hydroxyl groups excluding tert-OH is 5. The van der Waals surface area contributed by atoms with Crippen LogP contribution in [0.25, 0.3) is 0 Å². The summed E-state index contributed by atoms with van der Waals surface area (Å²) < 4.78 is 17.4. The number of esters is 1. The Morgan fingerprint density at radius 2 is 1.09 bits per heavy atom. The number of ether oxygens (including phenoxy) is 3. The average molecular weight is 932 g/mol. The van der Waals surface area contributed by atoms with Gasteiger partial charge in [0, 0.05) is 6.42 Å². The number of nitrogens with one attached hydrogen (secondary N) is 1. The van der Waals surface area contributed by atoms with Crippen molar-refractivity contribution in [3.05, 3.63) is 60.8 Å². The minimum atomic E-state index is -1.64. The fourth-order valence-electron chi connectivity index (χ4n) is 7.92. The maximum absolute atomic E-state index is 13.3. The molecule has 0 aromatic carbocycles. The molecule has 6 N–H and O–H groups in total. The Kier molecular flexibility index (Phi) is 40.6. The fourth-order valence-corrected chi connectivity index (χ4v) is 7.92. The van der Waals surface area contributed by atoms with E-state index < -0.39 is 67.4 Å². The molecule has 1 rings (SSSR count). The van der Waals surface area contributed by atoms with Crippen molar-refractivity contribution in [2.24, 2.45) is 0 Å². The van der Waals surface area contributed by atoms with Crippen LogP contribution in [-0.2, 0) is 23.8 Å². The van der Waals surface area contributed by atoms with Gasteiger partial charge in [0.25, 0.3) is 0 Å². The lowest BCUT2D eigenvalue weighted by Gasteiger charge is -2.41. The summed E-state index contributed by atoms with van der Waals surface area (Å²) in [4.78, 5) is 26.3. The van der Waals surface area contributed by atoms with Crippen molar-refractivity contribution in [2.75, 3.05) is 13.2 Å². The molecule has 0 saturated carbocycles. The Morgan fingerprint density at radius 1 is 0.606 bits per heavy atom. The van der Waals surface area contributed by atoms with E-state index in [1.807, 2.05) is 18.2 Å². The van der Waals surface area contributed by atoms with Gasteiger partial charge in [-0.3, -0.25) is 9.59 Å². The molecule has 8 atom stereocenters. The fraction of sp³-hybridized carbons (Fsp3) is 0.782. The van der Waals surface area contributed by atoms with Gasteiger partial charge in [-0.25, -0.2) is 0 Å². The van der Waals surface area contributed by atoms with Crippen molar-refractivity contribution in [1.82, 2.24) is 5.32 Å². The van der Waals surface area contributed by atoms with Crippen LogP contribution in [0.2, 0.25) is 0 Å². The number of carbonyl (C=O) groups is 2. The molecule has 0 bridgehead atoms. The largest absolute Gasteiger partial charge is 0.454 e. The summed E-state index contributed by atoms with van der Waals surface area (Å²) >= 11 is 0. The number of hydrogen-bond donors (Lipinski definition) is 6. The van der Waals surface area contributed by atoms with E-state index >= 15 is 0 Å². The second-order valence-electron chi connectivity index (χ2n) is 18.2. The number of amides is 1. The standard InChI is InChI=1S/C55H97NO10/c1-4-7-10-13-16-19-22-24-27-30-33-36-39-42-48(59)54(63)56-46(47(58)41-38-35-32-29-26-21-18-15-12-9-6-3)45-64-55-53(52(62)51(61)49(44-57)65-55)66-50(60)43-40-37-34-31-28-25-23-20-17-14-11-8-5-2/h7,10,16,19,25,28,34,37-38,41,46-49,51-53,55,57-59,61-62H,4-6,8-9,11-15,17-18,20-24,26-27,29-33,35-36,39-40,42-45H2,1-3H3,(H,56,63)/b10-7+,19-16+,28-25-,37-34+,41-38+. The monoisotopic (exact) mass is 932 g/mol. The van der Waals surface area contributed by atoms with E-state index in [9.17, 15) is 35.1 Å². The van der Waals surface area contributed by atoms with Crippen LogP contribution in [0, 0.1) is 0 Å². The molecule has 66 heavy (non-hydrogen) atoms. The summed E-state index contributed by atoms with van der Waals surface area (Å²) in [7, 11) is 0. The molecule has 1 saturated heterocycles. The molecule has 11 heteroatoms. The summed E-state index contributed by atoms with van der Waals surface area (Å²) in [5, 5.41) is 56.5. The summed E-state index contributed by atoms with van der Waals surface area (Å²) in [6.45, 7) is 5.59. The molecule has 0 aliphatic carbocycles. The summed E-state index contributed by atoms with van der Waals surface area (Å²) in [5.41, 5.74) is 0. The topological polar surface area (TPSA) is 175 Å². The van der Waals surface area contributed by atoms with Gasteiger partial charge in [-0.1, -0.05) is 197 Å². The van der Waals surface area contributed by atoms with Crippen LogP contribution in [0.4, 0.5) is 0 Å². The van der Waals surface area contributed by atoms with Crippen molar-refractivity contribution in [1.29, 1.82) is 0 Å². The van der Waals surface area contributed by atoms with Gasteiger partial charge in [0.15, 0.2) is 12.4 Å². The molecule has 8 unspecified atom stereocenters. The Labute approximate surface area is 401 Å². The third-order valence-electron chi connectivity index (χ3n) is 12.2. The lowest BCUT2D eigenvalue weighted by Crippen LogP contribution is -2.61. The number of unbranched alkanes of at least 4 members (excludes halogenated alkanes) is 21. The number of allylic oxidation sites excluding steroid dienone is 9. The van der Waals surface area contributed by atoms with Crippen LogP contribution in [0.1, 0.15) is 213 Å². The van der Waals surface area contributed by atoms with E-state index in [-0.39, 0.29) is 19.4 Å². The first-order chi connectivity index (χ1) is 32.2. The molecule has 1 fully saturated rings. The Balaban J connectivity index is 2.81. The van der Waals surface area contributed by atoms with E-state index in [2.05, 4.69) is 62.5 Å².